The van der Waals surface area contributed by atoms with Gasteiger partial charge in [0.05, 0.1) is 11.6 Å². The maximum atomic E-state index is 12.6. The molecule has 3 aromatic carbocycles. The van der Waals surface area contributed by atoms with Crippen molar-refractivity contribution in [3.63, 3.8) is 0 Å². The molecule has 0 spiro atoms. The zero-order valence-corrected chi connectivity index (χ0v) is 19.6. The molecule has 0 saturated heterocycles. The molecule has 0 unspecified atom stereocenters. The number of halogens is 2. The van der Waals surface area contributed by atoms with E-state index in [-0.39, 0.29) is 5.91 Å². The number of ether oxygens (including phenoxy) is 2. The SMILES string of the molecule is O=C(Nc1ccc(-c2ccc(Cl)cc2)cn1)c1ccc(Oc2cc3c(cc2Cl)CCCO3)cc1. The third-order valence-corrected chi connectivity index (χ3v) is 6.04. The van der Waals surface area contributed by atoms with Crippen LogP contribution in [0.15, 0.2) is 79.0 Å². The lowest BCUT2D eigenvalue weighted by Gasteiger charge is -2.19. The quantitative estimate of drug-likeness (QED) is 0.316. The minimum atomic E-state index is -0.265. The number of aromatic nitrogens is 1. The Hall–Kier alpha value is -3.54. The van der Waals surface area contributed by atoms with Gasteiger partial charge in [0.2, 0.25) is 0 Å². The van der Waals surface area contributed by atoms with Gasteiger partial charge in [-0.3, -0.25) is 4.79 Å². The number of carbonyl (C=O) groups excluding carboxylic acids is 1. The zero-order chi connectivity index (χ0) is 23.5. The van der Waals surface area contributed by atoms with E-state index in [2.05, 4.69) is 10.3 Å². The van der Waals surface area contributed by atoms with Gasteiger partial charge in [-0.2, -0.15) is 0 Å². The molecular formula is C27H20Cl2N2O3. The first kappa shape index (κ1) is 22.3. The largest absolute Gasteiger partial charge is 0.493 e. The van der Waals surface area contributed by atoms with Crippen LogP contribution in [0.5, 0.6) is 17.2 Å². The van der Waals surface area contributed by atoms with Gasteiger partial charge in [-0.05, 0) is 78.6 Å². The van der Waals surface area contributed by atoms with Crippen LogP contribution >= 0.6 is 23.2 Å². The molecule has 0 atom stereocenters. The fourth-order valence-corrected chi connectivity index (χ4v) is 4.05. The van der Waals surface area contributed by atoms with E-state index in [1.807, 2.05) is 42.5 Å². The van der Waals surface area contributed by atoms with Crippen LogP contribution < -0.4 is 14.8 Å². The number of hydrogen-bond donors (Lipinski definition) is 1. The lowest BCUT2D eigenvalue weighted by atomic mass is 10.1. The number of fused-ring (bicyclic) bond motifs is 1. The smallest absolute Gasteiger partial charge is 0.256 e. The number of nitrogens with one attached hydrogen (secondary N) is 1. The predicted octanol–water partition coefficient (Wildman–Crippen LogP) is 7.43. The van der Waals surface area contributed by atoms with Crippen LogP contribution in [0.25, 0.3) is 11.1 Å². The Kier molecular flexibility index (Phi) is 6.39. The lowest BCUT2D eigenvalue weighted by Crippen LogP contribution is -2.12. The fraction of sp³-hybridized carbons (Fsp3) is 0.111. The van der Waals surface area contributed by atoms with Gasteiger partial charge in [0.25, 0.3) is 5.91 Å². The van der Waals surface area contributed by atoms with Crippen molar-refractivity contribution in [2.24, 2.45) is 0 Å². The van der Waals surface area contributed by atoms with Gasteiger partial charge in [0.1, 0.15) is 23.1 Å². The molecule has 1 aliphatic heterocycles. The first-order chi connectivity index (χ1) is 16.5. The van der Waals surface area contributed by atoms with Crippen molar-refractivity contribution >= 4 is 34.9 Å². The number of rotatable bonds is 5. The number of amides is 1. The van der Waals surface area contributed by atoms with Crippen LogP contribution in [0.1, 0.15) is 22.3 Å². The van der Waals surface area contributed by atoms with Gasteiger partial charge in [-0.15, -0.1) is 0 Å². The molecule has 5 nitrogen and oxygen atoms in total. The number of benzene rings is 3. The Labute approximate surface area is 207 Å². The van der Waals surface area contributed by atoms with Crippen LogP contribution in [-0.2, 0) is 6.42 Å². The number of pyridine rings is 1. The third-order valence-electron chi connectivity index (χ3n) is 5.49. The average molecular weight is 491 g/mol. The summed E-state index contributed by atoms with van der Waals surface area (Å²) < 4.78 is 11.6. The van der Waals surface area contributed by atoms with Crippen LogP contribution in [0.2, 0.25) is 10.0 Å². The molecule has 4 aromatic rings. The minimum Gasteiger partial charge on any atom is -0.493 e. The number of carbonyl (C=O) groups is 1. The summed E-state index contributed by atoms with van der Waals surface area (Å²) in [6, 6.07) is 21.7. The standard InChI is InChI=1S/C27H20Cl2N2O3/c28-21-8-3-17(4-9-21)20-7-12-26(30-16-20)31-27(32)18-5-10-22(11-6-18)34-25-15-24-19(14-23(25)29)2-1-13-33-24/h3-12,14-16H,1-2,13H2,(H,30,31,32). The molecule has 1 N–H and O–H groups in total. The first-order valence-corrected chi connectivity index (χ1v) is 11.6. The van der Waals surface area contributed by atoms with E-state index in [1.54, 1.807) is 36.5 Å². The van der Waals surface area contributed by atoms with Crippen molar-refractivity contribution in [3.05, 3.63) is 100 Å². The number of nitrogens with zero attached hydrogens (tertiary/aromatic N) is 1. The highest BCUT2D eigenvalue weighted by Gasteiger charge is 2.15. The second kappa shape index (κ2) is 9.75. The molecule has 5 rings (SSSR count). The second-order valence-electron chi connectivity index (χ2n) is 7.86. The van der Waals surface area contributed by atoms with E-state index in [0.717, 1.165) is 35.3 Å². The summed E-state index contributed by atoms with van der Waals surface area (Å²) in [5, 5.41) is 4.01. The first-order valence-electron chi connectivity index (χ1n) is 10.8. The van der Waals surface area contributed by atoms with E-state index in [1.165, 1.54) is 0 Å². The maximum absolute atomic E-state index is 12.6. The van der Waals surface area contributed by atoms with Crippen molar-refractivity contribution in [2.45, 2.75) is 12.8 Å². The predicted molar refractivity (Wildman–Crippen MR) is 134 cm³/mol. The Morgan fingerprint density at radius 2 is 1.71 bits per heavy atom. The molecule has 2 heterocycles. The summed E-state index contributed by atoms with van der Waals surface area (Å²) in [5.41, 5.74) is 3.50. The summed E-state index contributed by atoms with van der Waals surface area (Å²) in [7, 11) is 0. The summed E-state index contributed by atoms with van der Waals surface area (Å²) in [4.78, 5) is 17.0. The normalized spacial score (nSPS) is 12.4. The van der Waals surface area contributed by atoms with Gasteiger partial charge in [-0.25, -0.2) is 4.98 Å². The highest BCUT2D eigenvalue weighted by atomic mass is 35.5. The van der Waals surface area contributed by atoms with Crippen LogP contribution in [0, 0.1) is 0 Å². The Morgan fingerprint density at radius 3 is 2.44 bits per heavy atom. The fourth-order valence-electron chi connectivity index (χ4n) is 3.70. The molecule has 170 valence electrons. The average Bonchev–Trinajstić information content (AvgIpc) is 2.86. The van der Waals surface area contributed by atoms with Crippen molar-refractivity contribution in [1.82, 2.24) is 4.98 Å². The lowest BCUT2D eigenvalue weighted by molar-refractivity contribution is 0.102. The minimum absolute atomic E-state index is 0.265. The summed E-state index contributed by atoms with van der Waals surface area (Å²) >= 11 is 12.3. The third kappa shape index (κ3) is 5.01. The topological polar surface area (TPSA) is 60.5 Å². The Balaban J connectivity index is 1.24. The monoisotopic (exact) mass is 490 g/mol. The van der Waals surface area contributed by atoms with E-state index >= 15 is 0 Å². The molecule has 0 radical (unpaired) electrons. The molecular weight excluding hydrogens is 471 g/mol. The number of aryl methyl sites for hydroxylation is 1. The molecule has 1 amide bonds. The Morgan fingerprint density at radius 1 is 0.941 bits per heavy atom. The molecule has 0 fully saturated rings. The number of anilines is 1. The molecule has 1 aromatic heterocycles. The van der Waals surface area contributed by atoms with Gasteiger partial charge >= 0.3 is 0 Å². The van der Waals surface area contributed by atoms with Crippen molar-refractivity contribution in [1.29, 1.82) is 0 Å². The molecule has 34 heavy (non-hydrogen) atoms. The molecule has 7 heteroatoms. The second-order valence-corrected chi connectivity index (χ2v) is 8.71. The highest BCUT2D eigenvalue weighted by Crippen LogP contribution is 2.37. The highest BCUT2D eigenvalue weighted by molar-refractivity contribution is 6.32. The van der Waals surface area contributed by atoms with Gasteiger partial charge in [-0.1, -0.05) is 35.3 Å². The molecule has 1 aliphatic rings. The van der Waals surface area contributed by atoms with Crippen molar-refractivity contribution in [2.75, 3.05) is 11.9 Å². The van der Waals surface area contributed by atoms with Gasteiger partial charge < -0.3 is 14.8 Å². The van der Waals surface area contributed by atoms with Gasteiger partial charge in [0, 0.05) is 28.4 Å². The molecule has 0 aliphatic carbocycles. The summed E-state index contributed by atoms with van der Waals surface area (Å²) in [6.07, 6.45) is 3.63. The maximum Gasteiger partial charge on any atom is 0.256 e. The molecule has 0 saturated carbocycles. The summed E-state index contributed by atoms with van der Waals surface area (Å²) in [6.45, 7) is 0.691. The van der Waals surface area contributed by atoms with Crippen LogP contribution in [0.4, 0.5) is 5.82 Å². The van der Waals surface area contributed by atoms with Crippen molar-refractivity contribution in [3.8, 4) is 28.4 Å². The van der Waals surface area contributed by atoms with Crippen LogP contribution in [-0.4, -0.2) is 17.5 Å². The van der Waals surface area contributed by atoms with Gasteiger partial charge in [0.15, 0.2) is 0 Å². The van der Waals surface area contributed by atoms with E-state index in [4.69, 9.17) is 32.7 Å². The van der Waals surface area contributed by atoms with E-state index < -0.39 is 0 Å². The Bertz CT molecular complexity index is 1320. The summed E-state index contributed by atoms with van der Waals surface area (Å²) in [5.74, 6) is 2.09. The van der Waals surface area contributed by atoms with Crippen LogP contribution in [0.3, 0.4) is 0 Å². The van der Waals surface area contributed by atoms with Crippen molar-refractivity contribution < 1.29 is 14.3 Å². The van der Waals surface area contributed by atoms with E-state index in [9.17, 15) is 4.79 Å². The number of hydrogen-bond acceptors (Lipinski definition) is 4. The zero-order valence-electron chi connectivity index (χ0n) is 18.1. The molecule has 0 bridgehead atoms. The van der Waals surface area contributed by atoms with E-state index in [0.29, 0.717) is 39.5 Å².